The molecule has 2 N–H and O–H groups in total. The lowest BCUT2D eigenvalue weighted by atomic mass is 9.97. The topological polar surface area (TPSA) is 66.8 Å². The van der Waals surface area contributed by atoms with Crippen molar-refractivity contribution in [1.82, 2.24) is 0 Å². The van der Waals surface area contributed by atoms with E-state index in [9.17, 15) is 9.90 Å². The van der Waals surface area contributed by atoms with E-state index in [0.717, 1.165) is 22.3 Å². The number of ether oxygens (including phenoxy) is 1. The molecule has 0 saturated carbocycles. The van der Waals surface area contributed by atoms with E-state index < -0.39 is 12.6 Å². The summed E-state index contributed by atoms with van der Waals surface area (Å²) in [6, 6.07) is 16.4. The highest BCUT2D eigenvalue weighted by Gasteiger charge is 2.13. The Labute approximate surface area is 172 Å². The summed E-state index contributed by atoms with van der Waals surface area (Å²) in [5.74, 6) is -0.583. The number of halogens is 2. The van der Waals surface area contributed by atoms with E-state index in [-0.39, 0.29) is 5.75 Å². The van der Waals surface area contributed by atoms with Gasteiger partial charge in [0.15, 0.2) is 6.61 Å². The van der Waals surface area contributed by atoms with E-state index in [2.05, 4.69) is 0 Å². The average Bonchev–Trinajstić information content (AvgIpc) is 2.64. The van der Waals surface area contributed by atoms with Crippen LogP contribution in [-0.4, -0.2) is 22.8 Å². The Morgan fingerprint density at radius 2 is 1.75 bits per heavy atom. The minimum absolute atomic E-state index is 0.198. The monoisotopic (exact) mass is 416 g/mol. The van der Waals surface area contributed by atoms with Gasteiger partial charge in [-0.15, -0.1) is 0 Å². The molecular weight excluding hydrogens is 399 g/mol. The van der Waals surface area contributed by atoms with Crippen molar-refractivity contribution in [3.63, 3.8) is 0 Å². The molecular formula is C22H18Cl2O4. The van der Waals surface area contributed by atoms with Crippen molar-refractivity contribution in [2.45, 2.75) is 13.3 Å². The summed E-state index contributed by atoms with van der Waals surface area (Å²) in [4.78, 5) is 10.6. The molecule has 3 aromatic rings. The van der Waals surface area contributed by atoms with Crippen LogP contribution < -0.4 is 4.74 Å². The maximum absolute atomic E-state index is 10.6. The van der Waals surface area contributed by atoms with Crippen LogP contribution >= 0.6 is 23.2 Å². The summed E-state index contributed by atoms with van der Waals surface area (Å²) in [7, 11) is 0. The van der Waals surface area contributed by atoms with Gasteiger partial charge in [-0.1, -0.05) is 59.1 Å². The van der Waals surface area contributed by atoms with Gasteiger partial charge in [-0.2, -0.15) is 0 Å². The first kappa shape index (κ1) is 20.1. The Balaban J connectivity index is 1.90. The molecule has 0 aliphatic rings. The molecule has 0 aromatic heterocycles. The fraction of sp³-hybridized carbons (Fsp3) is 0.136. The van der Waals surface area contributed by atoms with Gasteiger partial charge in [0, 0.05) is 22.0 Å². The van der Waals surface area contributed by atoms with Gasteiger partial charge < -0.3 is 14.9 Å². The molecule has 0 bridgehead atoms. The van der Waals surface area contributed by atoms with Crippen molar-refractivity contribution in [1.29, 1.82) is 0 Å². The van der Waals surface area contributed by atoms with Gasteiger partial charge in [-0.05, 0) is 47.9 Å². The van der Waals surface area contributed by atoms with Gasteiger partial charge in [0.25, 0.3) is 0 Å². The molecule has 0 aliphatic heterocycles. The molecule has 144 valence electrons. The molecule has 0 amide bonds. The largest absolute Gasteiger partial charge is 0.507 e. The highest BCUT2D eigenvalue weighted by molar-refractivity contribution is 6.36. The number of aromatic hydroxyl groups is 1. The van der Waals surface area contributed by atoms with Crippen LogP contribution in [0, 0.1) is 6.92 Å². The summed E-state index contributed by atoms with van der Waals surface area (Å²) in [6.07, 6.45) is 0.454. The number of phenols is 1. The Morgan fingerprint density at radius 3 is 2.39 bits per heavy atom. The first-order valence-corrected chi connectivity index (χ1v) is 9.30. The lowest BCUT2D eigenvalue weighted by Crippen LogP contribution is -2.09. The van der Waals surface area contributed by atoms with Crippen LogP contribution in [0.5, 0.6) is 11.5 Å². The summed E-state index contributed by atoms with van der Waals surface area (Å²) >= 11 is 12.7. The third-order valence-electron chi connectivity index (χ3n) is 4.25. The number of phenolic OH excluding ortho intramolecular Hbond substituents is 1. The standard InChI is InChI=1S/C22H18Cl2O4/c1-13-3-2-4-15(7-13)17-8-14(5-6-21(17)25)9-18-19(23)10-16(11-20(18)24)28-12-22(26)27/h2-8,10-11,25H,9,12H2,1H3,(H,26,27). The Bertz CT molecular complexity index is 1010. The van der Waals surface area contributed by atoms with E-state index in [0.29, 0.717) is 27.8 Å². The Kier molecular flexibility index (Phi) is 6.12. The van der Waals surface area contributed by atoms with Crippen molar-refractivity contribution >= 4 is 29.2 Å². The molecule has 28 heavy (non-hydrogen) atoms. The second kappa shape index (κ2) is 8.55. The fourth-order valence-electron chi connectivity index (χ4n) is 2.92. The third kappa shape index (κ3) is 4.77. The molecule has 0 radical (unpaired) electrons. The van der Waals surface area contributed by atoms with Gasteiger partial charge in [0.2, 0.25) is 0 Å². The van der Waals surface area contributed by atoms with Crippen LogP contribution in [0.15, 0.2) is 54.6 Å². The third-order valence-corrected chi connectivity index (χ3v) is 4.92. The summed E-state index contributed by atoms with van der Waals surface area (Å²) < 4.78 is 5.14. The van der Waals surface area contributed by atoms with Crippen LogP contribution in [0.4, 0.5) is 0 Å². The first-order chi connectivity index (χ1) is 13.3. The smallest absolute Gasteiger partial charge is 0.341 e. The zero-order valence-electron chi connectivity index (χ0n) is 15.1. The highest BCUT2D eigenvalue weighted by Crippen LogP contribution is 2.35. The number of benzene rings is 3. The summed E-state index contributed by atoms with van der Waals surface area (Å²) in [5.41, 5.74) is 4.39. The highest BCUT2D eigenvalue weighted by atomic mass is 35.5. The normalized spacial score (nSPS) is 10.7. The van der Waals surface area contributed by atoms with Crippen LogP contribution in [0.3, 0.4) is 0 Å². The number of carbonyl (C=O) groups is 1. The lowest BCUT2D eigenvalue weighted by Gasteiger charge is -2.12. The predicted molar refractivity (Wildman–Crippen MR) is 111 cm³/mol. The van der Waals surface area contributed by atoms with Gasteiger partial charge in [-0.3, -0.25) is 0 Å². The number of hydrogen-bond acceptors (Lipinski definition) is 3. The maximum Gasteiger partial charge on any atom is 0.341 e. The molecule has 6 heteroatoms. The van der Waals surface area contributed by atoms with Crippen molar-refractivity contribution in [3.8, 4) is 22.6 Å². The van der Waals surface area contributed by atoms with Crippen molar-refractivity contribution < 1.29 is 19.7 Å². The van der Waals surface area contributed by atoms with E-state index >= 15 is 0 Å². The molecule has 0 aliphatic carbocycles. The predicted octanol–water partition coefficient (Wildman–Crippen LogP) is 5.73. The maximum atomic E-state index is 10.6. The number of carboxylic acid groups (broad SMARTS) is 1. The minimum Gasteiger partial charge on any atom is -0.507 e. The van der Waals surface area contributed by atoms with Crippen LogP contribution in [0.2, 0.25) is 10.0 Å². The van der Waals surface area contributed by atoms with Crippen molar-refractivity contribution in [2.24, 2.45) is 0 Å². The zero-order valence-corrected chi connectivity index (χ0v) is 16.6. The van der Waals surface area contributed by atoms with E-state index in [4.69, 9.17) is 33.0 Å². The first-order valence-electron chi connectivity index (χ1n) is 8.55. The molecule has 0 fully saturated rings. The second-order valence-electron chi connectivity index (χ2n) is 6.45. The van der Waals surface area contributed by atoms with Gasteiger partial charge in [0.1, 0.15) is 11.5 Å². The van der Waals surface area contributed by atoms with Gasteiger partial charge in [0.05, 0.1) is 0 Å². The Hall–Kier alpha value is -2.69. The molecule has 3 aromatic carbocycles. The molecule has 0 spiro atoms. The minimum atomic E-state index is -1.08. The SMILES string of the molecule is Cc1cccc(-c2cc(Cc3c(Cl)cc(OCC(=O)O)cc3Cl)ccc2O)c1. The molecule has 0 unspecified atom stereocenters. The summed E-state index contributed by atoms with van der Waals surface area (Å²) in [6.45, 7) is 1.53. The number of hydrogen-bond donors (Lipinski definition) is 2. The molecule has 0 heterocycles. The molecule has 4 nitrogen and oxygen atoms in total. The van der Waals surface area contributed by atoms with E-state index in [1.165, 1.54) is 0 Å². The number of carboxylic acids is 1. The number of aliphatic carboxylic acids is 1. The molecule has 3 rings (SSSR count). The van der Waals surface area contributed by atoms with Crippen molar-refractivity contribution in [3.05, 3.63) is 81.3 Å². The Morgan fingerprint density at radius 1 is 1.04 bits per heavy atom. The van der Waals surface area contributed by atoms with Gasteiger partial charge in [-0.25, -0.2) is 4.79 Å². The average molecular weight is 417 g/mol. The van der Waals surface area contributed by atoms with Crippen LogP contribution in [0.1, 0.15) is 16.7 Å². The molecule has 0 saturated heterocycles. The summed E-state index contributed by atoms with van der Waals surface area (Å²) in [5, 5.41) is 19.8. The van der Waals surface area contributed by atoms with E-state index in [1.54, 1.807) is 18.2 Å². The van der Waals surface area contributed by atoms with E-state index in [1.807, 2.05) is 43.3 Å². The second-order valence-corrected chi connectivity index (χ2v) is 7.26. The van der Waals surface area contributed by atoms with Crippen LogP contribution in [-0.2, 0) is 11.2 Å². The zero-order chi connectivity index (χ0) is 20.3. The van der Waals surface area contributed by atoms with Crippen LogP contribution in [0.25, 0.3) is 11.1 Å². The number of rotatable bonds is 6. The lowest BCUT2D eigenvalue weighted by molar-refractivity contribution is -0.139. The van der Waals surface area contributed by atoms with Gasteiger partial charge >= 0.3 is 5.97 Å². The number of aryl methyl sites for hydroxylation is 1. The van der Waals surface area contributed by atoms with Crippen molar-refractivity contribution in [2.75, 3.05) is 6.61 Å². The molecule has 0 atom stereocenters. The fourth-order valence-corrected chi connectivity index (χ4v) is 3.52. The quantitative estimate of drug-likeness (QED) is 0.538.